The molecule has 0 aromatic carbocycles. The first-order valence-electron chi connectivity index (χ1n) is 5.47. The molecule has 6 nitrogen and oxygen atoms in total. The van der Waals surface area contributed by atoms with Crippen molar-refractivity contribution in [2.45, 2.75) is 6.92 Å². The van der Waals surface area contributed by atoms with Gasteiger partial charge in [0.25, 0.3) is 0 Å². The molecule has 0 radical (unpaired) electrons. The molecule has 1 aromatic heterocycles. The maximum absolute atomic E-state index is 11.1. The zero-order valence-electron chi connectivity index (χ0n) is 9.93. The summed E-state index contributed by atoms with van der Waals surface area (Å²) >= 11 is 1.20. The Labute approximate surface area is 104 Å². The number of carboxylic acids is 1. The quantitative estimate of drug-likeness (QED) is 0.830. The van der Waals surface area contributed by atoms with E-state index in [1.807, 2.05) is 5.01 Å². The van der Waals surface area contributed by atoms with Gasteiger partial charge < -0.3 is 15.4 Å². The van der Waals surface area contributed by atoms with E-state index in [9.17, 15) is 4.79 Å². The van der Waals surface area contributed by atoms with Crippen LogP contribution in [0.4, 0.5) is 5.00 Å². The molecule has 0 saturated carbocycles. The van der Waals surface area contributed by atoms with Crippen LogP contribution in [0.5, 0.6) is 0 Å². The first kappa shape index (κ1) is 12.3. The number of nitrogens with one attached hydrogen (secondary N) is 1. The second-order valence-corrected chi connectivity index (χ2v) is 4.95. The summed E-state index contributed by atoms with van der Waals surface area (Å²) in [5, 5.41) is 11.8. The minimum absolute atomic E-state index is 0.286. The van der Waals surface area contributed by atoms with Crippen LogP contribution in [-0.4, -0.2) is 58.6 Å². The predicted molar refractivity (Wildman–Crippen MR) is 66.5 cm³/mol. The van der Waals surface area contributed by atoms with Crippen molar-refractivity contribution in [3.63, 3.8) is 0 Å². The van der Waals surface area contributed by atoms with Crippen molar-refractivity contribution in [1.82, 2.24) is 14.3 Å². The number of aromatic nitrogens is 1. The Kier molecular flexibility index (Phi) is 3.60. The lowest BCUT2D eigenvalue weighted by Crippen LogP contribution is -2.46. The zero-order valence-corrected chi connectivity index (χ0v) is 10.8. The number of hydrogen-bond acceptors (Lipinski definition) is 6. The van der Waals surface area contributed by atoms with Crippen molar-refractivity contribution in [3.8, 4) is 0 Å². The molecule has 17 heavy (non-hydrogen) atoms. The maximum Gasteiger partial charge on any atom is 0.340 e. The number of carboxylic acid groups (broad SMARTS) is 1. The lowest BCUT2D eigenvalue weighted by Gasteiger charge is -2.32. The van der Waals surface area contributed by atoms with Gasteiger partial charge in [-0.15, -0.1) is 0 Å². The maximum atomic E-state index is 11.1. The molecule has 1 aliphatic rings. The van der Waals surface area contributed by atoms with Crippen LogP contribution in [0, 0.1) is 6.92 Å². The van der Waals surface area contributed by atoms with Crippen molar-refractivity contribution in [2.24, 2.45) is 0 Å². The normalized spacial score (nSPS) is 18.2. The van der Waals surface area contributed by atoms with E-state index in [1.165, 1.54) is 11.5 Å². The second kappa shape index (κ2) is 4.99. The largest absolute Gasteiger partial charge is 0.478 e. The highest BCUT2D eigenvalue weighted by atomic mass is 32.1. The van der Waals surface area contributed by atoms with Gasteiger partial charge in [-0.25, -0.2) is 9.80 Å². The van der Waals surface area contributed by atoms with E-state index in [0.717, 1.165) is 26.2 Å². The fraction of sp³-hybridized carbons (Fsp3) is 0.600. The average Bonchev–Trinajstić information content (AvgIpc) is 2.63. The molecule has 0 spiro atoms. The summed E-state index contributed by atoms with van der Waals surface area (Å²) in [4.78, 5) is 13.3. The molecule has 2 N–H and O–H groups in total. The molecular weight excluding hydrogens is 240 g/mol. The summed E-state index contributed by atoms with van der Waals surface area (Å²) in [7, 11) is 2.08. The Bertz CT molecular complexity index is 412. The van der Waals surface area contributed by atoms with E-state index in [0.29, 0.717) is 10.7 Å². The van der Waals surface area contributed by atoms with Crippen LogP contribution >= 0.6 is 11.5 Å². The highest BCUT2D eigenvalue weighted by molar-refractivity contribution is 7.10. The molecule has 1 aromatic rings. The van der Waals surface area contributed by atoms with Gasteiger partial charge in [0, 0.05) is 26.2 Å². The van der Waals surface area contributed by atoms with Crippen molar-refractivity contribution in [3.05, 3.63) is 11.3 Å². The van der Waals surface area contributed by atoms with E-state index in [4.69, 9.17) is 5.11 Å². The second-order valence-electron chi connectivity index (χ2n) is 4.18. The third kappa shape index (κ3) is 2.74. The number of aryl methyl sites for hydroxylation is 1. The predicted octanol–water partition coefficient (Wildman–Crippen LogP) is 0.724. The van der Waals surface area contributed by atoms with Crippen LogP contribution < -0.4 is 5.43 Å². The van der Waals surface area contributed by atoms with Crippen molar-refractivity contribution < 1.29 is 9.90 Å². The van der Waals surface area contributed by atoms with Gasteiger partial charge in [0.15, 0.2) is 0 Å². The summed E-state index contributed by atoms with van der Waals surface area (Å²) in [6.07, 6.45) is 0. The SMILES string of the molecule is Cc1nsc(NN2CCN(C)CC2)c1C(=O)O. The topological polar surface area (TPSA) is 68.7 Å². The number of carbonyl (C=O) groups is 1. The van der Waals surface area contributed by atoms with Gasteiger partial charge in [-0.2, -0.15) is 4.37 Å². The molecule has 0 bridgehead atoms. The third-order valence-electron chi connectivity index (χ3n) is 2.84. The molecule has 1 aliphatic heterocycles. The number of hydrazine groups is 1. The Balaban J connectivity index is 2.06. The number of anilines is 1. The average molecular weight is 256 g/mol. The molecule has 0 unspecified atom stereocenters. The fourth-order valence-corrected chi connectivity index (χ4v) is 2.58. The van der Waals surface area contributed by atoms with Crippen LogP contribution in [0.2, 0.25) is 0 Å². The van der Waals surface area contributed by atoms with Crippen LogP contribution in [-0.2, 0) is 0 Å². The van der Waals surface area contributed by atoms with E-state index in [2.05, 4.69) is 21.7 Å². The fourth-order valence-electron chi connectivity index (χ4n) is 1.76. The van der Waals surface area contributed by atoms with Crippen LogP contribution in [0.25, 0.3) is 0 Å². The van der Waals surface area contributed by atoms with Gasteiger partial charge in [-0.1, -0.05) is 0 Å². The number of rotatable bonds is 3. The molecule has 2 heterocycles. The van der Waals surface area contributed by atoms with Crippen molar-refractivity contribution in [1.29, 1.82) is 0 Å². The van der Waals surface area contributed by atoms with Gasteiger partial charge >= 0.3 is 5.97 Å². The molecule has 7 heteroatoms. The Morgan fingerprint density at radius 2 is 2.06 bits per heavy atom. The van der Waals surface area contributed by atoms with E-state index in [1.54, 1.807) is 6.92 Å². The number of hydrogen-bond donors (Lipinski definition) is 2. The number of piperazine rings is 1. The van der Waals surface area contributed by atoms with E-state index >= 15 is 0 Å². The first-order valence-corrected chi connectivity index (χ1v) is 6.25. The summed E-state index contributed by atoms with van der Waals surface area (Å²) in [6, 6.07) is 0. The van der Waals surface area contributed by atoms with Crippen molar-refractivity contribution >= 4 is 22.5 Å². The molecule has 0 atom stereocenters. The summed E-state index contributed by atoms with van der Waals surface area (Å²) in [5.74, 6) is -0.923. The zero-order chi connectivity index (χ0) is 12.4. The van der Waals surface area contributed by atoms with Crippen LogP contribution in [0.3, 0.4) is 0 Å². The van der Waals surface area contributed by atoms with Gasteiger partial charge in [-0.05, 0) is 25.5 Å². The molecule has 94 valence electrons. The summed E-state index contributed by atoms with van der Waals surface area (Å²) < 4.78 is 4.08. The number of nitrogens with zero attached hydrogens (tertiary/aromatic N) is 3. The summed E-state index contributed by atoms with van der Waals surface area (Å²) in [5.41, 5.74) is 4.01. The Hall–Kier alpha value is -1.18. The van der Waals surface area contributed by atoms with E-state index in [-0.39, 0.29) is 5.56 Å². The molecule has 0 amide bonds. The monoisotopic (exact) mass is 256 g/mol. The number of aromatic carboxylic acids is 1. The summed E-state index contributed by atoms with van der Waals surface area (Å²) in [6.45, 7) is 5.44. The molecule has 1 saturated heterocycles. The van der Waals surface area contributed by atoms with Crippen LogP contribution in [0.15, 0.2) is 0 Å². The van der Waals surface area contributed by atoms with E-state index < -0.39 is 5.97 Å². The standard InChI is InChI=1S/C10H16N4O2S/c1-7-8(10(15)16)9(17-12-7)11-14-5-3-13(2)4-6-14/h11H,3-6H2,1-2H3,(H,15,16). The third-order valence-corrected chi connectivity index (χ3v) is 3.68. The van der Waals surface area contributed by atoms with Gasteiger partial charge in [-0.3, -0.25) is 0 Å². The minimum Gasteiger partial charge on any atom is -0.478 e. The van der Waals surface area contributed by atoms with Crippen LogP contribution in [0.1, 0.15) is 16.1 Å². The first-order chi connectivity index (χ1) is 8.08. The van der Waals surface area contributed by atoms with Gasteiger partial charge in [0.2, 0.25) is 0 Å². The molecule has 1 fully saturated rings. The molecular formula is C10H16N4O2S. The van der Waals surface area contributed by atoms with Gasteiger partial charge in [0.05, 0.1) is 5.69 Å². The molecule has 2 rings (SSSR count). The van der Waals surface area contributed by atoms with Gasteiger partial charge in [0.1, 0.15) is 10.6 Å². The Morgan fingerprint density at radius 3 is 2.65 bits per heavy atom. The number of likely N-dealkylation sites (N-methyl/N-ethyl adjacent to an activating group) is 1. The lowest BCUT2D eigenvalue weighted by molar-refractivity contribution is 0.0696. The van der Waals surface area contributed by atoms with Crippen molar-refractivity contribution in [2.75, 3.05) is 38.7 Å². The highest BCUT2D eigenvalue weighted by Gasteiger charge is 2.20. The highest BCUT2D eigenvalue weighted by Crippen LogP contribution is 2.25. The lowest BCUT2D eigenvalue weighted by atomic mass is 10.2. The molecule has 0 aliphatic carbocycles. The smallest absolute Gasteiger partial charge is 0.340 e. The minimum atomic E-state index is -0.923. The Morgan fingerprint density at radius 1 is 1.41 bits per heavy atom.